The van der Waals surface area contributed by atoms with Gasteiger partial charge in [0.15, 0.2) is 0 Å². The van der Waals surface area contributed by atoms with Gasteiger partial charge >= 0.3 is 0 Å². The third-order valence-corrected chi connectivity index (χ3v) is 2.93. The topological polar surface area (TPSA) is 52.5 Å². The Morgan fingerprint density at radius 2 is 1.04 bits per heavy atom. The molecule has 3 rings (SSSR count). The number of aromatic hydroxyl groups is 1. The molecule has 0 heterocycles. The van der Waals surface area contributed by atoms with E-state index in [9.17, 15) is 5.11 Å². The molecule has 3 aromatic carbocycles. The summed E-state index contributed by atoms with van der Waals surface area (Å²) >= 11 is 0. The molecule has 0 aliphatic carbocycles. The molecule has 3 N–H and O–H groups in total. The summed E-state index contributed by atoms with van der Waals surface area (Å²) in [6, 6.07) is 31.1. The summed E-state index contributed by atoms with van der Waals surface area (Å²) in [5.74, 6) is 0.294. The van der Waals surface area contributed by atoms with Gasteiger partial charge in [0.05, 0.1) is 6.61 Å². The number of hydrogen-bond acceptors (Lipinski definition) is 3. The molecule has 0 bridgehead atoms. The van der Waals surface area contributed by atoms with E-state index in [1.807, 2.05) is 84.9 Å². The van der Waals surface area contributed by atoms with Crippen molar-refractivity contribution in [2.24, 2.45) is 0 Å². The number of benzene rings is 3. The minimum absolute atomic E-state index is 0.119. The zero-order valence-electron chi connectivity index (χ0n) is 13.8. The molecule has 0 spiro atoms. The summed E-state index contributed by atoms with van der Waals surface area (Å²) in [5, 5.41) is 20.8. The molecule has 24 heavy (non-hydrogen) atoms. The van der Waals surface area contributed by atoms with Crippen LogP contribution in [0.5, 0.6) is 5.75 Å². The van der Waals surface area contributed by atoms with Crippen LogP contribution in [-0.4, -0.2) is 23.4 Å². The first-order valence-electron chi connectivity index (χ1n) is 7.93. The first-order chi connectivity index (χ1) is 11.8. The van der Waals surface area contributed by atoms with Crippen LogP contribution < -0.4 is 5.32 Å². The third-order valence-electron chi connectivity index (χ3n) is 2.93. The van der Waals surface area contributed by atoms with Crippen molar-refractivity contribution in [2.45, 2.75) is 6.54 Å². The van der Waals surface area contributed by atoms with Gasteiger partial charge in [0.2, 0.25) is 0 Å². The van der Waals surface area contributed by atoms with Crippen LogP contribution in [0.15, 0.2) is 97.1 Å². The molecule has 0 atom stereocenters. The van der Waals surface area contributed by atoms with Crippen molar-refractivity contribution in [2.75, 3.05) is 13.2 Å². The molecular weight excluding hydrogens is 298 g/mol. The monoisotopic (exact) mass is 323 g/mol. The van der Waals surface area contributed by atoms with Gasteiger partial charge in [0.1, 0.15) is 5.75 Å². The Labute approximate surface area is 144 Å². The van der Waals surface area contributed by atoms with Crippen LogP contribution in [0, 0.1) is 0 Å². The molecular formula is C21H25NO2. The molecule has 0 amide bonds. The average molecular weight is 323 g/mol. The summed E-state index contributed by atoms with van der Waals surface area (Å²) in [5.41, 5.74) is 0.853. The van der Waals surface area contributed by atoms with Gasteiger partial charge in [-0.1, -0.05) is 91.0 Å². The first-order valence-corrected chi connectivity index (χ1v) is 7.93. The van der Waals surface area contributed by atoms with E-state index in [1.54, 1.807) is 12.1 Å². The molecule has 3 heteroatoms. The Kier molecular flexibility index (Phi) is 11.3. The Morgan fingerprint density at radius 3 is 1.42 bits per heavy atom. The van der Waals surface area contributed by atoms with Crippen LogP contribution in [0.25, 0.3) is 0 Å². The van der Waals surface area contributed by atoms with Gasteiger partial charge in [-0.3, -0.25) is 0 Å². The van der Waals surface area contributed by atoms with Crippen LogP contribution in [0.1, 0.15) is 5.56 Å². The van der Waals surface area contributed by atoms with E-state index in [4.69, 9.17) is 5.11 Å². The molecule has 0 unspecified atom stereocenters. The van der Waals surface area contributed by atoms with E-state index in [0.717, 1.165) is 5.56 Å². The lowest BCUT2D eigenvalue weighted by Gasteiger charge is -2.04. The van der Waals surface area contributed by atoms with E-state index < -0.39 is 0 Å². The fourth-order valence-electron chi connectivity index (χ4n) is 1.73. The summed E-state index contributed by atoms with van der Waals surface area (Å²) in [6.45, 7) is 1.26. The van der Waals surface area contributed by atoms with Gasteiger partial charge in [-0.2, -0.15) is 0 Å². The number of para-hydroxylation sites is 1. The number of nitrogens with one attached hydrogen (secondary N) is 1. The number of aliphatic hydroxyl groups excluding tert-OH is 1. The second-order valence-electron chi connectivity index (χ2n) is 4.84. The van der Waals surface area contributed by atoms with E-state index >= 15 is 0 Å². The molecule has 3 nitrogen and oxygen atoms in total. The standard InChI is InChI=1S/C9H13NO2.2C6H6/c11-6-5-10-7-8-3-1-2-4-9(8)12;2*1-2-4-6-5-3-1/h1-4,10-12H,5-7H2;2*1-6H. The van der Waals surface area contributed by atoms with E-state index in [0.29, 0.717) is 18.8 Å². The highest BCUT2D eigenvalue weighted by Gasteiger charge is 1.96. The van der Waals surface area contributed by atoms with Gasteiger partial charge in [-0.25, -0.2) is 0 Å². The van der Waals surface area contributed by atoms with Crippen LogP contribution in [0.2, 0.25) is 0 Å². The van der Waals surface area contributed by atoms with Crippen LogP contribution in [0.4, 0.5) is 0 Å². The molecule has 0 saturated heterocycles. The smallest absolute Gasteiger partial charge is 0.120 e. The Balaban J connectivity index is 0.000000200. The highest BCUT2D eigenvalue weighted by molar-refractivity contribution is 5.31. The molecule has 0 radical (unpaired) electrons. The van der Waals surface area contributed by atoms with Gasteiger partial charge in [-0.15, -0.1) is 0 Å². The molecule has 0 aliphatic rings. The molecule has 126 valence electrons. The Morgan fingerprint density at radius 1 is 0.625 bits per heavy atom. The van der Waals surface area contributed by atoms with Crippen molar-refractivity contribution in [3.63, 3.8) is 0 Å². The number of phenolic OH excluding ortho intramolecular Hbond substituents is 1. The molecule has 0 aromatic heterocycles. The average Bonchev–Trinajstić information content (AvgIpc) is 2.67. The number of rotatable bonds is 4. The lowest BCUT2D eigenvalue weighted by Crippen LogP contribution is -2.17. The minimum Gasteiger partial charge on any atom is -0.508 e. The highest BCUT2D eigenvalue weighted by atomic mass is 16.3. The quantitative estimate of drug-likeness (QED) is 0.639. The molecule has 3 aromatic rings. The second-order valence-corrected chi connectivity index (χ2v) is 4.84. The number of phenols is 1. The summed E-state index contributed by atoms with van der Waals surface area (Å²) in [6.07, 6.45) is 0. The SMILES string of the molecule is OCCNCc1ccccc1O.c1ccccc1.c1ccccc1. The number of aliphatic hydroxyl groups is 1. The maximum Gasteiger partial charge on any atom is 0.120 e. The third kappa shape index (κ3) is 10.2. The van der Waals surface area contributed by atoms with E-state index in [-0.39, 0.29) is 6.61 Å². The second kappa shape index (κ2) is 14.0. The van der Waals surface area contributed by atoms with Gasteiger partial charge in [0.25, 0.3) is 0 Å². The zero-order valence-corrected chi connectivity index (χ0v) is 13.8. The largest absolute Gasteiger partial charge is 0.508 e. The Hall–Kier alpha value is -2.62. The maximum absolute atomic E-state index is 9.31. The fraction of sp³-hybridized carbons (Fsp3) is 0.143. The predicted octanol–water partition coefficient (Wildman–Crippen LogP) is 3.85. The lowest BCUT2D eigenvalue weighted by molar-refractivity contribution is 0.291. The van der Waals surface area contributed by atoms with Crippen molar-refractivity contribution < 1.29 is 10.2 Å². The normalized spacial score (nSPS) is 9.04. The van der Waals surface area contributed by atoms with E-state index in [1.165, 1.54) is 0 Å². The lowest BCUT2D eigenvalue weighted by atomic mass is 10.2. The summed E-state index contributed by atoms with van der Waals surface area (Å²) < 4.78 is 0. The highest BCUT2D eigenvalue weighted by Crippen LogP contribution is 2.14. The first kappa shape index (κ1) is 19.4. The molecule has 0 fully saturated rings. The van der Waals surface area contributed by atoms with Crippen LogP contribution >= 0.6 is 0 Å². The van der Waals surface area contributed by atoms with Gasteiger partial charge < -0.3 is 15.5 Å². The summed E-state index contributed by atoms with van der Waals surface area (Å²) in [4.78, 5) is 0. The van der Waals surface area contributed by atoms with Crippen molar-refractivity contribution in [3.05, 3.63) is 103 Å². The van der Waals surface area contributed by atoms with Crippen molar-refractivity contribution >= 4 is 0 Å². The van der Waals surface area contributed by atoms with Crippen molar-refractivity contribution in [1.82, 2.24) is 5.32 Å². The summed E-state index contributed by atoms with van der Waals surface area (Å²) in [7, 11) is 0. The van der Waals surface area contributed by atoms with Crippen LogP contribution in [-0.2, 0) is 6.54 Å². The van der Waals surface area contributed by atoms with Crippen LogP contribution in [0.3, 0.4) is 0 Å². The molecule has 0 aliphatic heterocycles. The van der Waals surface area contributed by atoms with Gasteiger partial charge in [-0.05, 0) is 6.07 Å². The Bertz CT molecular complexity index is 530. The number of hydrogen-bond donors (Lipinski definition) is 3. The molecule has 0 saturated carbocycles. The zero-order chi connectivity index (χ0) is 17.3. The van der Waals surface area contributed by atoms with Crippen molar-refractivity contribution in [3.8, 4) is 5.75 Å². The minimum atomic E-state index is 0.119. The van der Waals surface area contributed by atoms with E-state index in [2.05, 4.69) is 5.32 Å². The maximum atomic E-state index is 9.31. The fourth-order valence-corrected chi connectivity index (χ4v) is 1.73. The van der Waals surface area contributed by atoms with Gasteiger partial charge in [0, 0.05) is 18.7 Å². The predicted molar refractivity (Wildman–Crippen MR) is 99.8 cm³/mol. The van der Waals surface area contributed by atoms with Crippen molar-refractivity contribution in [1.29, 1.82) is 0 Å².